The number of hydrogen-bond acceptors (Lipinski definition) is 2. The second kappa shape index (κ2) is 5.16. The van der Waals surface area contributed by atoms with E-state index >= 15 is 0 Å². The van der Waals surface area contributed by atoms with Crippen molar-refractivity contribution in [2.45, 2.75) is 13.5 Å². The molecule has 0 unspecified atom stereocenters. The molecule has 2 aromatic heterocycles. The number of fused-ring (bicyclic) bond motifs is 1. The van der Waals surface area contributed by atoms with Gasteiger partial charge in [0.05, 0.1) is 12.2 Å². The van der Waals surface area contributed by atoms with Crippen molar-refractivity contribution in [3.63, 3.8) is 0 Å². The molecule has 0 amide bonds. The van der Waals surface area contributed by atoms with Crippen LogP contribution in [-0.2, 0) is 13.6 Å². The van der Waals surface area contributed by atoms with E-state index in [0.29, 0.717) is 16.7 Å². The molecule has 2 heterocycles. The maximum Gasteiger partial charge on any atom is 0.131 e. The van der Waals surface area contributed by atoms with Crippen LogP contribution < -0.4 is 5.73 Å². The van der Waals surface area contributed by atoms with Crippen LogP contribution in [0.3, 0.4) is 0 Å². The topological polar surface area (TPSA) is 48.8 Å². The molecule has 108 valence electrons. The molecule has 6 heteroatoms. The van der Waals surface area contributed by atoms with E-state index in [4.69, 9.17) is 29.6 Å². The molecule has 21 heavy (non-hydrogen) atoms. The van der Waals surface area contributed by atoms with E-state index in [9.17, 15) is 0 Å². The Morgan fingerprint density at radius 1 is 1.38 bits per heavy atom. The van der Waals surface area contributed by atoms with Crippen LogP contribution in [0.5, 0.6) is 0 Å². The third-order valence-electron chi connectivity index (χ3n) is 3.66. The summed E-state index contributed by atoms with van der Waals surface area (Å²) in [5.41, 5.74) is 9.63. The van der Waals surface area contributed by atoms with Crippen molar-refractivity contribution in [3.8, 4) is 0 Å². The summed E-state index contributed by atoms with van der Waals surface area (Å²) in [5.74, 6) is 0. The molecule has 3 aromatic rings. The lowest BCUT2D eigenvalue weighted by atomic mass is 10.1. The van der Waals surface area contributed by atoms with Gasteiger partial charge < -0.3 is 10.3 Å². The zero-order chi connectivity index (χ0) is 15.1. The van der Waals surface area contributed by atoms with Crippen LogP contribution in [0, 0.1) is 6.92 Å². The zero-order valence-corrected chi connectivity index (χ0v) is 13.4. The summed E-state index contributed by atoms with van der Waals surface area (Å²) in [4.78, 5) is 0.403. The first-order valence-corrected chi connectivity index (χ1v) is 7.32. The van der Waals surface area contributed by atoms with Crippen LogP contribution in [0.25, 0.3) is 10.9 Å². The van der Waals surface area contributed by atoms with Gasteiger partial charge >= 0.3 is 0 Å². The molecule has 0 spiro atoms. The Bertz CT molecular complexity index is 847. The predicted molar refractivity (Wildman–Crippen MR) is 89.9 cm³/mol. The number of aryl methyl sites for hydroxylation is 2. The third-order valence-corrected chi connectivity index (χ3v) is 4.37. The summed E-state index contributed by atoms with van der Waals surface area (Å²) in [6.45, 7) is 2.64. The number of halogens is 1. The summed E-state index contributed by atoms with van der Waals surface area (Å²) in [7, 11) is 1.84. The highest BCUT2D eigenvalue weighted by molar-refractivity contribution is 7.80. The van der Waals surface area contributed by atoms with E-state index < -0.39 is 0 Å². The average Bonchev–Trinajstić information content (AvgIpc) is 2.95. The first-order chi connectivity index (χ1) is 9.97. The Labute approximate surface area is 133 Å². The van der Waals surface area contributed by atoms with E-state index in [1.807, 2.05) is 38.4 Å². The molecule has 0 fully saturated rings. The number of hydrogen-bond donors (Lipinski definition) is 1. The van der Waals surface area contributed by atoms with Gasteiger partial charge in [0.2, 0.25) is 0 Å². The first kappa shape index (κ1) is 14.1. The fourth-order valence-electron chi connectivity index (χ4n) is 2.50. The number of benzene rings is 1. The van der Waals surface area contributed by atoms with Gasteiger partial charge in [-0.1, -0.05) is 36.0 Å². The van der Waals surface area contributed by atoms with Gasteiger partial charge in [0.25, 0.3) is 0 Å². The van der Waals surface area contributed by atoms with Gasteiger partial charge in [0, 0.05) is 29.9 Å². The smallest absolute Gasteiger partial charge is 0.131 e. The van der Waals surface area contributed by atoms with Crippen LogP contribution in [0.2, 0.25) is 5.15 Å². The monoisotopic (exact) mass is 318 g/mol. The maximum atomic E-state index is 6.31. The summed E-state index contributed by atoms with van der Waals surface area (Å²) in [6, 6.07) is 8.05. The van der Waals surface area contributed by atoms with Gasteiger partial charge in [-0.3, -0.25) is 4.68 Å². The highest BCUT2D eigenvalue weighted by atomic mass is 35.5. The minimum Gasteiger partial charge on any atom is -0.389 e. The molecule has 0 saturated carbocycles. The third kappa shape index (κ3) is 2.43. The van der Waals surface area contributed by atoms with E-state index in [1.54, 1.807) is 4.68 Å². The quantitative estimate of drug-likeness (QED) is 0.755. The molecule has 0 saturated heterocycles. The minimum atomic E-state index is 0.403. The average molecular weight is 319 g/mol. The van der Waals surface area contributed by atoms with Crippen LogP contribution in [-0.4, -0.2) is 19.3 Å². The summed E-state index contributed by atoms with van der Waals surface area (Å²) >= 11 is 11.4. The molecule has 0 aliphatic rings. The van der Waals surface area contributed by atoms with Gasteiger partial charge in [0.15, 0.2) is 0 Å². The van der Waals surface area contributed by atoms with Gasteiger partial charge in [-0.05, 0) is 24.4 Å². The fraction of sp³-hybridized carbons (Fsp3) is 0.200. The largest absolute Gasteiger partial charge is 0.389 e. The van der Waals surface area contributed by atoms with Gasteiger partial charge in [-0.2, -0.15) is 5.10 Å². The molecule has 3 rings (SSSR count). The lowest BCUT2D eigenvalue weighted by Gasteiger charge is -2.07. The molecular formula is C15H15ClN4S. The first-order valence-electron chi connectivity index (χ1n) is 6.54. The van der Waals surface area contributed by atoms with Crippen molar-refractivity contribution < 1.29 is 0 Å². The van der Waals surface area contributed by atoms with Crippen LogP contribution >= 0.6 is 23.8 Å². The molecule has 0 atom stereocenters. The van der Waals surface area contributed by atoms with E-state index in [1.165, 1.54) is 0 Å². The SMILES string of the molecule is Cc1nn(C)c(Cl)c1Cn1ccc2ccc(C(N)=S)cc21. The lowest BCUT2D eigenvalue weighted by molar-refractivity contribution is 0.757. The Balaban J connectivity index is 2.08. The van der Waals surface area contributed by atoms with Gasteiger partial charge in [-0.15, -0.1) is 0 Å². The second-order valence-electron chi connectivity index (χ2n) is 5.06. The molecule has 2 N–H and O–H groups in total. The number of rotatable bonds is 3. The molecular weight excluding hydrogens is 304 g/mol. The highest BCUT2D eigenvalue weighted by Crippen LogP contribution is 2.23. The second-order valence-corrected chi connectivity index (χ2v) is 5.86. The van der Waals surface area contributed by atoms with Crippen LogP contribution in [0.1, 0.15) is 16.8 Å². The lowest BCUT2D eigenvalue weighted by Crippen LogP contribution is -2.09. The normalized spacial score (nSPS) is 11.2. The molecule has 0 bridgehead atoms. The molecule has 0 aliphatic carbocycles. The number of nitrogens with two attached hydrogens (primary N) is 1. The van der Waals surface area contributed by atoms with E-state index in [-0.39, 0.29) is 0 Å². The van der Waals surface area contributed by atoms with Crippen molar-refractivity contribution in [2.75, 3.05) is 0 Å². The Kier molecular flexibility index (Phi) is 3.47. The van der Waals surface area contributed by atoms with Crippen molar-refractivity contribution in [1.82, 2.24) is 14.3 Å². The number of thiocarbonyl (C=S) groups is 1. The highest BCUT2D eigenvalue weighted by Gasteiger charge is 2.13. The van der Waals surface area contributed by atoms with Gasteiger partial charge in [0.1, 0.15) is 10.1 Å². The van der Waals surface area contributed by atoms with Crippen LogP contribution in [0.15, 0.2) is 30.5 Å². The van der Waals surface area contributed by atoms with E-state index in [0.717, 1.165) is 27.7 Å². The van der Waals surface area contributed by atoms with Crippen molar-refractivity contribution in [3.05, 3.63) is 52.4 Å². The Morgan fingerprint density at radius 3 is 2.76 bits per heavy atom. The summed E-state index contributed by atoms with van der Waals surface area (Å²) in [5, 5.41) is 6.16. The summed E-state index contributed by atoms with van der Waals surface area (Å²) in [6.07, 6.45) is 2.04. The fourth-order valence-corrected chi connectivity index (χ4v) is 2.86. The Morgan fingerprint density at radius 2 is 2.14 bits per heavy atom. The predicted octanol–water partition coefficient (Wildman–Crippen LogP) is 3.02. The molecule has 0 aliphatic heterocycles. The molecule has 0 radical (unpaired) electrons. The molecule has 1 aromatic carbocycles. The Hall–Kier alpha value is -1.85. The van der Waals surface area contributed by atoms with Crippen molar-refractivity contribution in [2.24, 2.45) is 12.8 Å². The maximum absolute atomic E-state index is 6.31. The van der Waals surface area contributed by atoms with Crippen molar-refractivity contribution >= 4 is 39.7 Å². The molecule has 4 nitrogen and oxygen atoms in total. The summed E-state index contributed by atoms with van der Waals surface area (Å²) < 4.78 is 3.82. The minimum absolute atomic E-state index is 0.403. The van der Waals surface area contributed by atoms with Crippen LogP contribution in [0.4, 0.5) is 0 Å². The van der Waals surface area contributed by atoms with Gasteiger partial charge in [-0.25, -0.2) is 0 Å². The standard InChI is InChI=1S/C15H15ClN4S/c1-9-12(14(16)19(2)18-9)8-20-6-5-10-3-4-11(15(17)21)7-13(10)20/h3-7H,8H2,1-2H3,(H2,17,21). The zero-order valence-electron chi connectivity index (χ0n) is 11.8. The number of nitrogens with zero attached hydrogens (tertiary/aromatic N) is 3. The number of aromatic nitrogens is 3. The van der Waals surface area contributed by atoms with E-state index in [2.05, 4.69) is 15.7 Å². The van der Waals surface area contributed by atoms with Crippen molar-refractivity contribution in [1.29, 1.82) is 0 Å².